The molecule has 0 spiro atoms. The number of imide groups is 2. The zero-order valence-corrected chi connectivity index (χ0v) is 12.1. The van der Waals surface area contributed by atoms with Gasteiger partial charge in [0.25, 0.3) is 0 Å². The van der Waals surface area contributed by atoms with Crippen LogP contribution in [0.1, 0.15) is 39.2 Å². The van der Waals surface area contributed by atoms with Gasteiger partial charge >= 0.3 is 6.03 Å². The van der Waals surface area contributed by atoms with Crippen molar-refractivity contribution in [2.45, 2.75) is 33.6 Å². The van der Waals surface area contributed by atoms with E-state index < -0.39 is 23.3 Å². The number of nitrogens with zero attached hydrogens (tertiary/aromatic N) is 1. The van der Waals surface area contributed by atoms with E-state index in [-0.39, 0.29) is 0 Å². The van der Waals surface area contributed by atoms with Crippen LogP contribution in [0.25, 0.3) is 0 Å². The van der Waals surface area contributed by atoms with Gasteiger partial charge in [0.1, 0.15) is 5.41 Å². The number of hydrogen-bond donors (Lipinski definition) is 1. The molecule has 1 heterocycles. The van der Waals surface area contributed by atoms with Gasteiger partial charge in [0, 0.05) is 0 Å². The fourth-order valence-electron chi connectivity index (χ4n) is 2.02. The van der Waals surface area contributed by atoms with Crippen molar-refractivity contribution in [3.8, 4) is 0 Å². The van der Waals surface area contributed by atoms with E-state index in [0.717, 1.165) is 10.5 Å². The van der Waals surface area contributed by atoms with Crippen LogP contribution in [0.4, 0.5) is 10.5 Å². The minimum atomic E-state index is -1.25. The van der Waals surface area contributed by atoms with E-state index in [4.69, 9.17) is 0 Å². The summed E-state index contributed by atoms with van der Waals surface area (Å²) < 4.78 is 0. The lowest BCUT2D eigenvalue weighted by Gasteiger charge is -2.34. The molecule has 0 bridgehead atoms. The topological polar surface area (TPSA) is 66.5 Å². The van der Waals surface area contributed by atoms with Crippen molar-refractivity contribution in [3.63, 3.8) is 0 Å². The third-order valence-corrected chi connectivity index (χ3v) is 3.55. The first-order valence-electron chi connectivity index (χ1n) is 6.55. The number of nitrogens with one attached hydrogen (secondary N) is 1. The molecule has 0 radical (unpaired) electrons. The van der Waals surface area contributed by atoms with Crippen molar-refractivity contribution in [2.75, 3.05) is 4.90 Å². The van der Waals surface area contributed by atoms with E-state index >= 15 is 0 Å². The molecule has 1 fully saturated rings. The number of carbonyl (C=O) groups is 3. The minimum Gasteiger partial charge on any atom is -0.276 e. The Kier molecular flexibility index (Phi) is 3.38. The summed E-state index contributed by atoms with van der Waals surface area (Å²) in [7, 11) is 0. The summed E-state index contributed by atoms with van der Waals surface area (Å²) in [5, 5.41) is 2.21. The number of anilines is 1. The minimum absolute atomic E-state index is 0.368. The Hall–Kier alpha value is -2.17. The first-order valence-corrected chi connectivity index (χ1v) is 6.55. The molecule has 20 heavy (non-hydrogen) atoms. The molecule has 2 rings (SSSR count). The highest BCUT2D eigenvalue weighted by Crippen LogP contribution is 2.28. The molecule has 106 valence electrons. The number of rotatable bonds is 2. The van der Waals surface area contributed by atoms with Gasteiger partial charge in [0.15, 0.2) is 0 Å². The van der Waals surface area contributed by atoms with Gasteiger partial charge in [-0.2, -0.15) is 0 Å². The van der Waals surface area contributed by atoms with Crippen LogP contribution in [0.3, 0.4) is 0 Å². The summed E-state index contributed by atoms with van der Waals surface area (Å²) >= 11 is 0. The maximum atomic E-state index is 12.3. The monoisotopic (exact) mass is 274 g/mol. The number of barbiturate groups is 1. The maximum Gasteiger partial charge on any atom is 0.335 e. The van der Waals surface area contributed by atoms with Crippen molar-refractivity contribution in [1.82, 2.24) is 5.32 Å². The molecule has 1 aliphatic heterocycles. The van der Waals surface area contributed by atoms with Gasteiger partial charge in [-0.25, -0.2) is 9.69 Å². The standard InChI is InChI=1S/C15H18N2O3/c1-9(2)10-5-7-11(8-6-10)17-13(19)15(3,4)12(18)16-14(17)20/h5-9H,1-4H3,(H,16,18,20). The SMILES string of the molecule is CC(C)c1ccc(N2C(=O)NC(=O)C(C)(C)C2=O)cc1. The van der Waals surface area contributed by atoms with Gasteiger partial charge < -0.3 is 0 Å². The first kappa shape index (κ1) is 14.2. The van der Waals surface area contributed by atoms with Crippen LogP contribution in [0.15, 0.2) is 24.3 Å². The summed E-state index contributed by atoms with van der Waals surface area (Å²) in [6, 6.07) is 6.50. The van der Waals surface area contributed by atoms with E-state index in [1.165, 1.54) is 13.8 Å². The highest BCUT2D eigenvalue weighted by atomic mass is 16.2. The lowest BCUT2D eigenvalue weighted by Crippen LogP contribution is -2.62. The van der Waals surface area contributed by atoms with Crippen LogP contribution >= 0.6 is 0 Å². The second-order valence-electron chi connectivity index (χ2n) is 5.77. The molecule has 1 aromatic carbocycles. The van der Waals surface area contributed by atoms with E-state index in [0.29, 0.717) is 11.6 Å². The fraction of sp³-hybridized carbons (Fsp3) is 0.400. The number of amides is 4. The summed E-state index contributed by atoms with van der Waals surface area (Å²) in [5.74, 6) is -0.709. The Bertz CT molecular complexity index is 573. The number of benzene rings is 1. The quantitative estimate of drug-likeness (QED) is 0.842. The molecule has 1 aromatic rings. The van der Waals surface area contributed by atoms with Crippen molar-refractivity contribution in [2.24, 2.45) is 5.41 Å². The van der Waals surface area contributed by atoms with Gasteiger partial charge in [-0.3, -0.25) is 14.9 Å². The Labute approximate surface area is 118 Å². The average Bonchev–Trinajstić information content (AvgIpc) is 2.37. The highest BCUT2D eigenvalue weighted by molar-refractivity contribution is 6.29. The van der Waals surface area contributed by atoms with E-state index in [2.05, 4.69) is 19.2 Å². The Morgan fingerprint density at radius 1 is 1.05 bits per heavy atom. The molecule has 4 amide bonds. The molecule has 0 aromatic heterocycles. The van der Waals surface area contributed by atoms with Gasteiger partial charge in [-0.1, -0.05) is 26.0 Å². The lowest BCUT2D eigenvalue weighted by atomic mass is 9.88. The van der Waals surface area contributed by atoms with Gasteiger partial charge in [-0.15, -0.1) is 0 Å². The van der Waals surface area contributed by atoms with Gasteiger partial charge in [-0.05, 0) is 37.5 Å². The van der Waals surface area contributed by atoms with E-state index in [9.17, 15) is 14.4 Å². The molecular formula is C15H18N2O3. The average molecular weight is 274 g/mol. The summed E-state index contributed by atoms with van der Waals surface area (Å²) in [4.78, 5) is 36.9. The molecule has 0 atom stereocenters. The van der Waals surface area contributed by atoms with Crippen LogP contribution in [0.2, 0.25) is 0 Å². The summed E-state index contributed by atoms with van der Waals surface area (Å²) in [5.41, 5.74) is 0.344. The molecule has 0 saturated carbocycles. The lowest BCUT2D eigenvalue weighted by molar-refractivity contribution is -0.140. The van der Waals surface area contributed by atoms with Crippen LogP contribution in [-0.2, 0) is 9.59 Å². The van der Waals surface area contributed by atoms with Crippen molar-refractivity contribution in [1.29, 1.82) is 0 Å². The Balaban J connectivity index is 2.38. The molecular weight excluding hydrogens is 256 g/mol. The molecule has 5 nitrogen and oxygen atoms in total. The molecule has 0 aliphatic carbocycles. The van der Waals surface area contributed by atoms with Crippen molar-refractivity contribution in [3.05, 3.63) is 29.8 Å². The predicted molar refractivity (Wildman–Crippen MR) is 75.3 cm³/mol. The zero-order valence-electron chi connectivity index (χ0n) is 12.1. The molecule has 0 unspecified atom stereocenters. The largest absolute Gasteiger partial charge is 0.335 e. The Morgan fingerprint density at radius 2 is 1.60 bits per heavy atom. The molecule has 1 N–H and O–H groups in total. The van der Waals surface area contributed by atoms with Gasteiger partial charge in [0.05, 0.1) is 5.69 Å². The second-order valence-corrected chi connectivity index (χ2v) is 5.77. The van der Waals surface area contributed by atoms with E-state index in [1.54, 1.807) is 12.1 Å². The van der Waals surface area contributed by atoms with Crippen LogP contribution in [0, 0.1) is 5.41 Å². The third-order valence-electron chi connectivity index (χ3n) is 3.55. The van der Waals surface area contributed by atoms with Gasteiger partial charge in [0.2, 0.25) is 11.8 Å². The molecule has 1 aliphatic rings. The second kappa shape index (κ2) is 4.74. The van der Waals surface area contributed by atoms with Crippen molar-refractivity contribution >= 4 is 23.5 Å². The predicted octanol–water partition coefficient (Wildman–Crippen LogP) is 2.42. The van der Waals surface area contributed by atoms with Crippen molar-refractivity contribution < 1.29 is 14.4 Å². The van der Waals surface area contributed by atoms with E-state index in [1.807, 2.05) is 12.1 Å². The van der Waals surface area contributed by atoms with Crippen LogP contribution < -0.4 is 10.2 Å². The molecule has 1 saturated heterocycles. The fourth-order valence-corrected chi connectivity index (χ4v) is 2.02. The smallest absolute Gasteiger partial charge is 0.276 e. The zero-order chi connectivity index (χ0) is 15.1. The third kappa shape index (κ3) is 2.19. The number of urea groups is 1. The van der Waals surface area contributed by atoms with Crippen LogP contribution in [-0.4, -0.2) is 17.8 Å². The highest BCUT2D eigenvalue weighted by Gasteiger charge is 2.47. The van der Waals surface area contributed by atoms with Crippen LogP contribution in [0.5, 0.6) is 0 Å². The normalized spacial score (nSPS) is 18.4. The maximum absolute atomic E-state index is 12.3. The Morgan fingerprint density at radius 3 is 2.10 bits per heavy atom. The summed E-state index contributed by atoms with van der Waals surface area (Å²) in [6.07, 6.45) is 0. The number of carbonyl (C=O) groups excluding carboxylic acids is 3. The molecule has 5 heteroatoms. The summed E-state index contributed by atoms with van der Waals surface area (Å²) in [6.45, 7) is 7.14. The first-order chi connectivity index (χ1) is 9.25. The number of hydrogen-bond acceptors (Lipinski definition) is 3.